The fourth-order valence-corrected chi connectivity index (χ4v) is 8.13. The Hall–Kier alpha value is -4.43. The van der Waals surface area contributed by atoms with Crippen LogP contribution in [0.5, 0.6) is 0 Å². The van der Waals surface area contributed by atoms with E-state index in [-0.39, 0.29) is 61.9 Å². The lowest BCUT2D eigenvalue weighted by Gasteiger charge is -2.24. The third kappa shape index (κ3) is 14.4. The normalized spacial score (nSPS) is 18.8. The monoisotopic (exact) mass is 831 g/mol. The number of carbonyl (C=O) groups is 5. The van der Waals surface area contributed by atoms with E-state index in [1.54, 1.807) is 13.8 Å². The largest absolute Gasteiger partial charge is 0.480 e. The van der Waals surface area contributed by atoms with Crippen molar-refractivity contribution in [1.29, 1.82) is 0 Å². The van der Waals surface area contributed by atoms with Crippen molar-refractivity contribution in [2.75, 3.05) is 59.4 Å². The van der Waals surface area contributed by atoms with Gasteiger partial charge in [0.25, 0.3) is 0 Å². The number of unbranched alkanes of at least 4 members (excludes halogenated alkanes) is 1. The minimum atomic E-state index is -1.09. The number of aliphatic carboxylic acids is 1. The first-order valence-electron chi connectivity index (χ1n) is 21.9. The van der Waals surface area contributed by atoms with E-state index in [1.165, 1.54) is 33.4 Å². The van der Waals surface area contributed by atoms with Gasteiger partial charge in [0.15, 0.2) is 0 Å². The van der Waals surface area contributed by atoms with Gasteiger partial charge in [-0.1, -0.05) is 82.1 Å². The fourth-order valence-electron chi connectivity index (χ4n) is 8.13. The average molecular weight is 832 g/mol. The Bertz CT molecular complexity index is 1790. The molecule has 2 aromatic carbocycles. The Morgan fingerprint density at radius 1 is 0.750 bits per heavy atom. The number of hydrogen-bond donors (Lipinski definition) is 4. The van der Waals surface area contributed by atoms with Crippen LogP contribution in [0.2, 0.25) is 0 Å². The summed E-state index contributed by atoms with van der Waals surface area (Å²) < 4.78 is 22.1. The van der Waals surface area contributed by atoms with Gasteiger partial charge in [-0.05, 0) is 83.3 Å². The number of amides is 3. The maximum absolute atomic E-state index is 13.6. The summed E-state index contributed by atoms with van der Waals surface area (Å²) in [5.74, 6) is -1.46. The van der Waals surface area contributed by atoms with Gasteiger partial charge in [-0.2, -0.15) is 0 Å². The number of carboxylic acids is 1. The molecule has 5 atom stereocenters. The topological polar surface area (TPSA) is 179 Å². The molecule has 0 heterocycles. The summed E-state index contributed by atoms with van der Waals surface area (Å²) >= 11 is 0. The Kier molecular flexibility index (Phi) is 18.7. The molecular formula is C47H65N3O10. The third-order valence-corrected chi connectivity index (χ3v) is 11.6. The average Bonchev–Trinajstić information content (AvgIpc) is 4.18. The summed E-state index contributed by atoms with van der Waals surface area (Å²) in [5, 5.41) is 17.5. The molecule has 0 radical (unpaired) electrons. The molecule has 0 saturated heterocycles. The lowest BCUT2D eigenvalue weighted by Crippen LogP contribution is -2.53. The molecule has 13 nitrogen and oxygen atoms in total. The molecule has 0 aromatic heterocycles. The molecule has 328 valence electrons. The molecule has 3 amide bonds. The Labute approximate surface area is 354 Å². The van der Waals surface area contributed by atoms with E-state index in [0.717, 1.165) is 32.1 Å². The van der Waals surface area contributed by atoms with Crippen molar-refractivity contribution in [1.82, 2.24) is 16.0 Å². The van der Waals surface area contributed by atoms with Gasteiger partial charge in [-0.3, -0.25) is 19.2 Å². The molecule has 3 aliphatic carbocycles. The zero-order chi connectivity index (χ0) is 42.9. The molecule has 4 N–H and O–H groups in total. The van der Waals surface area contributed by atoms with Crippen LogP contribution >= 0.6 is 0 Å². The molecular weight excluding hydrogens is 767 g/mol. The number of allylic oxidation sites excluding steroid dienone is 2. The first-order chi connectivity index (χ1) is 29.1. The summed E-state index contributed by atoms with van der Waals surface area (Å²) in [6, 6.07) is 15.5. The Morgan fingerprint density at radius 2 is 1.38 bits per heavy atom. The second kappa shape index (κ2) is 24.1. The van der Waals surface area contributed by atoms with Gasteiger partial charge in [-0.15, -0.1) is 0 Å². The van der Waals surface area contributed by atoms with Gasteiger partial charge >= 0.3 is 5.97 Å². The van der Waals surface area contributed by atoms with E-state index in [0.29, 0.717) is 70.9 Å². The molecule has 60 heavy (non-hydrogen) atoms. The second-order valence-electron chi connectivity index (χ2n) is 16.4. The Morgan fingerprint density at radius 3 is 2.07 bits per heavy atom. The van der Waals surface area contributed by atoms with Crippen molar-refractivity contribution in [2.24, 2.45) is 17.8 Å². The van der Waals surface area contributed by atoms with E-state index < -0.39 is 24.0 Å². The van der Waals surface area contributed by atoms with Crippen LogP contribution in [0.3, 0.4) is 0 Å². The number of fused-ring (bicyclic) bond motifs is 6. The van der Waals surface area contributed by atoms with Crippen molar-refractivity contribution in [3.05, 3.63) is 70.8 Å². The highest BCUT2D eigenvalue weighted by molar-refractivity contribution is 6.09. The summed E-state index contributed by atoms with van der Waals surface area (Å²) in [6.07, 6.45) is 6.03. The SMILES string of the molecule is CCCCC(NC(=O)[C@@H](NC(=O)CCOCCOCCOCCOCCNC(=O)CCC(=O)C1CCc2ccccc2C2=C(C2)c2ccccc2C2CC12)C(C)C)C(=O)O. The van der Waals surface area contributed by atoms with Crippen LogP contribution in [0, 0.1) is 17.8 Å². The van der Waals surface area contributed by atoms with Crippen LogP contribution in [0.25, 0.3) is 11.1 Å². The first kappa shape index (κ1) is 46.6. The first-order valence-corrected chi connectivity index (χ1v) is 21.9. The number of carbonyl (C=O) groups excluding carboxylic acids is 4. The second-order valence-corrected chi connectivity index (χ2v) is 16.4. The van der Waals surface area contributed by atoms with Gasteiger partial charge in [0.05, 0.1) is 52.9 Å². The smallest absolute Gasteiger partial charge is 0.326 e. The van der Waals surface area contributed by atoms with Gasteiger partial charge in [0, 0.05) is 31.7 Å². The molecule has 0 aliphatic heterocycles. The molecule has 1 saturated carbocycles. The van der Waals surface area contributed by atoms with Gasteiger partial charge in [-0.25, -0.2) is 4.79 Å². The zero-order valence-corrected chi connectivity index (χ0v) is 35.6. The summed E-state index contributed by atoms with van der Waals surface area (Å²) in [7, 11) is 0. The molecule has 5 rings (SSSR count). The number of ether oxygens (including phenoxy) is 4. The van der Waals surface area contributed by atoms with E-state index in [9.17, 15) is 29.1 Å². The van der Waals surface area contributed by atoms with Crippen LogP contribution in [0.4, 0.5) is 0 Å². The highest BCUT2D eigenvalue weighted by Crippen LogP contribution is 2.58. The highest BCUT2D eigenvalue weighted by atomic mass is 16.6. The molecule has 4 unspecified atom stereocenters. The summed E-state index contributed by atoms with van der Waals surface area (Å²) in [4.78, 5) is 63.0. The number of ketones is 1. The lowest BCUT2D eigenvalue weighted by molar-refractivity contribution is -0.142. The van der Waals surface area contributed by atoms with Crippen LogP contribution in [0.1, 0.15) is 107 Å². The van der Waals surface area contributed by atoms with Gasteiger partial charge in [0.2, 0.25) is 17.7 Å². The molecule has 1 fully saturated rings. The van der Waals surface area contributed by atoms with Crippen molar-refractivity contribution >= 4 is 40.6 Å². The maximum Gasteiger partial charge on any atom is 0.326 e. The van der Waals surface area contributed by atoms with Gasteiger partial charge in [0.1, 0.15) is 17.9 Å². The Balaban J connectivity index is 0.860. The summed E-state index contributed by atoms with van der Waals surface area (Å²) in [5.41, 5.74) is 8.25. The zero-order valence-electron chi connectivity index (χ0n) is 35.6. The molecule has 3 aliphatic rings. The molecule has 0 spiro atoms. The number of carboxylic acid groups (broad SMARTS) is 1. The van der Waals surface area contributed by atoms with Crippen LogP contribution in [-0.4, -0.2) is 106 Å². The number of nitrogens with one attached hydrogen (secondary N) is 3. The molecule has 2 aromatic rings. The van der Waals surface area contributed by atoms with Crippen molar-refractivity contribution < 1.29 is 48.0 Å². The van der Waals surface area contributed by atoms with E-state index >= 15 is 0 Å². The van der Waals surface area contributed by atoms with Crippen molar-refractivity contribution in [3.8, 4) is 0 Å². The fraction of sp³-hybridized carbons (Fsp3) is 0.596. The molecule has 0 bridgehead atoms. The van der Waals surface area contributed by atoms with Crippen LogP contribution in [-0.2, 0) is 49.3 Å². The summed E-state index contributed by atoms with van der Waals surface area (Å²) in [6.45, 7) is 8.45. The highest BCUT2D eigenvalue weighted by Gasteiger charge is 2.48. The standard InChI is InChI=1S/C47H65N3O10/c1-4-5-14-41(47(55)56)49-46(54)45(31(2)3)50-44(53)19-21-57-23-25-59-27-28-60-26-24-58-22-20-48-43(52)18-17-42(51)36-16-15-32-10-6-7-11-33(32)37-29-38(37)34-12-8-9-13-35(34)39-30-40(36)39/h6-13,31,36,39-41,45H,4-5,14-30H2,1-3H3,(H,48,52)(H,49,54)(H,50,53)(H,55,56)/t36?,39?,40?,41?,45-/m0/s1. The van der Waals surface area contributed by atoms with Crippen molar-refractivity contribution in [3.63, 3.8) is 0 Å². The van der Waals surface area contributed by atoms with E-state index in [2.05, 4.69) is 64.5 Å². The lowest BCUT2D eigenvalue weighted by atomic mass is 9.86. The predicted molar refractivity (Wildman–Crippen MR) is 228 cm³/mol. The number of Topliss-reactive ketones (excluding diaryl/α,β-unsaturated/α-hetero) is 1. The van der Waals surface area contributed by atoms with Crippen molar-refractivity contribution in [2.45, 2.75) is 103 Å². The van der Waals surface area contributed by atoms with Crippen LogP contribution < -0.4 is 16.0 Å². The number of aryl methyl sites for hydroxylation is 1. The minimum absolute atomic E-state index is 0.0497. The minimum Gasteiger partial charge on any atom is -0.480 e. The van der Waals surface area contributed by atoms with Crippen LogP contribution in [0.15, 0.2) is 48.5 Å². The maximum atomic E-state index is 13.6. The number of hydrogen-bond acceptors (Lipinski definition) is 9. The van der Waals surface area contributed by atoms with E-state index in [1.807, 2.05) is 6.92 Å². The number of rotatable bonds is 27. The van der Waals surface area contributed by atoms with Gasteiger partial charge < -0.3 is 40.0 Å². The predicted octanol–water partition coefficient (Wildman–Crippen LogP) is 5.49. The quantitative estimate of drug-likeness (QED) is 0.0842. The third-order valence-electron chi connectivity index (χ3n) is 11.6. The number of benzene rings is 2. The molecule has 13 heteroatoms. The van der Waals surface area contributed by atoms with E-state index in [4.69, 9.17) is 18.9 Å².